The summed E-state index contributed by atoms with van der Waals surface area (Å²) in [6.45, 7) is 0. The van der Waals surface area contributed by atoms with Gasteiger partial charge in [0, 0.05) is 0 Å². The summed E-state index contributed by atoms with van der Waals surface area (Å²) in [6.07, 6.45) is -0.0287. The first-order valence-corrected chi connectivity index (χ1v) is 3.96. The Hall–Kier alpha value is -1.96. The minimum atomic E-state index is -1.21. The number of nitrogens with one attached hydrogen (secondary N) is 1. The van der Waals surface area contributed by atoms with Gasteiger partial charge in [-0.25, -0.2) is 19.3 Å². The molecule has 0 aliphatic carbocycles. The molecule has 2 aromatic heterocycles. The fourth-order valence-electron chi connectivity index (χ4n) is 1.12. The van der Waals surface area contributed by atoms with Crippen molar-refractivity contribution in [2.45, 2.75) is 0 Å². The van der Waals surface area contributed by atoms with Crippen molar-refractivity contribution in [2.75, 3.05) is 5.73 Å². The van der Waals surface area contributed by atoms with Gasteiger partial charge in [-0.2, -0.15) is 0 Å². The highest BCUT2D eigenvalue weighted by Crippen LogP contribution is 2.14. The van der Waals surface area contributed by atoms with E-state index in [1.807, 2.05) is 0 Å². The number of hydrogen-bond donors (Lipinski definition) is 3. The number of carbonyl (C=O) groups is 1. The summed E-state index contributed by atoms with van der Waals surface area (Å²) >= 11 is 4.79. The van der Waals surface area contributed by atoms with Crippen LogP contribution in [0, 0.1) is 4.77 Å². The van der Waals surface area contributed by atoms with Crippen LogP contribution < -0.4 is 5.73 Å². The summed E-state index contributed by atoms with van der Waals surface area (Å²) in [5, 5.41) is 8.82. The third kappa shape index (κ3) is 1.04. The number of anilines is 1. The summed E-state index contributed by atoms with van der Waals surface area (Å²) < 4.78 is 0.864. The molecular weight excluding hydrogens is 206 g/mol. The number of nitrogens with two attached hydrogens (primary N) is 1. The van der Waals surface area contributed by atoms with Crippen molar-refractivity contribution < 1.29 is 9.90 Å². The van der Waals surface area contributed by atoms with Gasteiger partial charge < -0.3 is 15.8 Å². The lowest BCUT2D eigenvalue weighted by Gasteiger charge is -1.95. The molecule has 2 heterocycles. The molecule has 2 aromatic rings. The van der Waals surface area contributed by atoms with Gasteiger partial charge in [0.25, 0.3) is 0 Å². The van der Waals surface area contributed by atoms with Gasteiger partial charge >= 0.3 is 6.09 Å². The Morgan fingerprint density at radius 2 is 2.36 bits per heavy atom. The Balaban J connectivity index is 2.98. The molecule has 7 nitrogen and oxygen atoms in total. The standard InChI is InChI=1S/C6H5N5O2S/c7-3-2-4(9-1-8-3)11(6(12)13)5(14)10-2/h1H,(H,10,14)(H,12,13)(H2,7,8,9). The second kappa shape index (κ2) is 2.77. The zero-order valence-corrected chi connectivity index (χ0v) is 7.58. The van der Waals surface area contributed by atoms with E-state index in [-0.39, 0.29) is 16.2 Å². The van der Waals surface area contributed by atoms with E-state index in [9.17, 15) is 4.79 Å². The molecule has 0 aliphatic heterocycles. The lowest BCUT2D eigenvalue weighted by atomic mass is 10.5. The maximum Gasteiger partial charge on any atom is 0.419 e. The number of hydrogen-bond acceptors (Lipinski definition) is 5. The van der Waals surface area contributed by atoms with Gasteiger partial charge in [-0.15, -0.1) is 0 Å². The number of nitrogen functional groups attached to an aromatic ring is 1. The van der Waals surface area contributed by atoms with E-state index in [4.69, 9.17) is 23.1 Å². The Bertz CT molecular complexity index is 571. The van der Waals surface area contributed by atoms with Gasteiger partial charge in [0.05, 0.1) is 0 Å². The Kier molecular flexibility index (Phi) is 1.71. The first-order chi connectivity index (χ1) is 6.61. The molecule has 0 unspecified atom stereocenters. The van der Waals surface area contributed by atoms with Crippen molar-refractivity contribution in [3.8, 4) is 0 Å². The van der Waals surface area contributed by atoms with Crippen LogP contribution in [0.1, 0.15) is 0 Å². The second-order valence-corrected chi connectivity index (χ2v) is 2.89. The van der Waals surface area contributed by atoms with E-state index in [0.29, 0.717) is 5.52 Å². The van der Waals surface area contributed by atoms with E-state index in [1.54, 1.807) is 0 Å². The van der Waals surface area contributed by atoms with Crippen molar-refractivity contribution in [3.63, 3.8) is 0 Å². The number of fused-ring (bicyclic) bond motifs is 1. The van der Waals surface area contributed by atoms with Crippen molar-refractivity contribution in [1.29, 1.82) is 0 Å². The maximum absolute atomic E-state index is 10.8. The Labute approximate surface area is 82.2 Å². The number of nitrogens with zero attached hydrogens (tertiary/aromatic N) is 3. The van der Waals surface area contributed by atoms with Crippen molar-refractivity contribution in [2.24, 2.45) is 0 Å². The van der Waals surface area contributed by atoms with E-state index in [0.717, 1.165) is 4.57 Å². The molecular formula is C6H5N5O2S. The summed E-state index contributed by atoms with van der Waals surface area (Å²) in [5.41, 5.74) is 6.00. The monoisotopic (exact) mass is 211 g/mol. The second-order valence-electron chi connectivity index (χ2n) is 2.51. The van der Waals surface area contributed by atoms with Crippen LogP contribution in [0.3, 0.4) is 0 Å². The fourth-order valence-corrected chi connectivity index (χ4v) is 1.38. The molecule has 0 saturated heterocycles. The van der Waals surface area contributed by atoms with Crippen LogP contribution in [0.2, 0.25) is 0 Å². The lowest BCUT2D eigenvalue weighted by Crippen LogP contribution is -2.08. The van der Waals surface area contributed by atoms with E-state index >= 15 is 0 Å². The molecule has 4 N–H and O–H groups in total. The van der Waals surface area contributed by atoms with Crippen LogP contribution >= 0.6 is 12.2 Å². The third-order valence-corrected chi connectivity index (χ3v) is 1.98. The largest absolute Gasteiger partial charge is 0.464 e. The van der Waals surface area contributed by atoms with E-state index in [2.05, 4.69) is 15.0 Å². The van der Waals surface area contributed by atoms with Gasteiger partial charge in [0.15, 0.2) is 16.2 Å². The first-order valence-electron chi connectivity index (χ1n) is 3.55. The van der Waals surface area contributed by atoms with Crippen molar-refractivity contribution in [1.82, 2.24) is 19.5 Å². The van der Waals surface area contributed by atoms with Crippen LogP contribution in [-0.4, -0.2) is 30.7 Å². The molecule has 14 heavy (non-hydrogen) atoms. The lowest BCUT2D eigenvalue weighted by molar-refractivity contribution is 0.197. The van der Waals surface area contributed by atoms with Crippen molar-refractivity contribution >= 4 is 35.3 Å². The number of aromatic nitrogens is 4. The van der Waals surface area contributed by atoms with Gasteiger partial charge in [0.2, 0.25) is 0 Å². The first kappa shape index (κ1) is 8.63. The van der Waals surface area contributed by atoms with E-state index < -0.39 is 6.09 Å². The molecule has 0 atom stereocenters. The summed E-state index contributed by atoms with van der Waals surface area (Å²) in [6, 6.07) is 0. The van der Waals surface area contributed by atoms with Gasteiger partial charge in [-0.05, 0) is 12.2 Å². The predicted molar refractivity (Wildman–Crippen MR) is 50.5 cm³/mol. The number of rotatable bonds is 0. The summed E-state index contributed by atoms with van der Waals surface area (Å²) in [7, 11) is 0. The predicted octanol–water partition coefficient (Wildman–Crippen LogP) is 0.597. The third-order valence-electron chi connectivity index (χ3n) is 1.69. The highest BCUT2D eigenvalue weighted by molar-refractivity contribution is 7.71. The van der Waals surface area contributed by atoms with Gasteiger partial charge in [0.1, 0.15) is 11.8 Å². The quantitative estimate of drug-likeness (QED) is 0.550. The number of H-pyrrole nitrogens is 1. The SMILES string of the molecule is Nc1ncnc2c1[nH]c(=S)n2C(=O)O. The van der Waals surface area contributed by atoms with Crippen molar-refractivity contribution in [3.05, 3.63) is 11.1 Å². The molecule has 0 saturated carbocycles. The summed E-state index contributed by atoms with van der Waals surface area (Å²) in [4.78, 5) is 20.9. The molecule has 0 aromatic carbocycles. The van der Waals surface area contributed by atoms with Gasteiger partial charge in [-0.3, -0.25) is 0 Å². The Morgan fingerprint density at radius 1 is 1.64 bits per heavy atom. The van der Waals surface area contributed by atoms with Crippen LogP contribution in [0.4, 0.5) is 10.6 Å². The number of imidazole rings is 1. The average molecular weight is 211 g/mol. The van der Waals surface area contributed by atoms with E-state index in [1.165, 1.54) is 6.33 Å². The number of carboxylic acid groups (broad SMARTS) is 1. The zero-order valence-electron chi connectivity index (χ0n) is 6.76. The average Bonchev–Trinajstić information content (AvgIpc) is 2.42. The van der Waals surface area contributed by atoms with Crippen LogP contribution in [0.25, 0.3) is 11.2 Å². The minimum absolute atomic E-state index is 0.0275. The highest BCUT2D eigenvalue weighted by atomic mass is 32.1. The molecule has 2 rings (SSSR count). The van der Waals surface area contributed by atoms with Crippen LogP contribution in [0.5, 0.6) is 0 Å². The van der Waals surface area contributed by atoms with Gasteiger partial charge in [-0.1, -0.05) is 0 Å². The van der Waals surface area contributed by atoms with Crippen LogP contribution in [0.15, 0.2) is 6.33 Å². The summed E-state index contributed by atoms with van der Waals surface area (Å²) in [5.74, 6) is 0.168. The maximum atomic E-state index is 10.8. The molecule has 8 heteroatoms. The Morgan fingerprint density at radius 3 is 3.00 bits per heavy atom. The molecule has 0 bridgehead atoms. The molecule has 0 aliphatic rings. The highest BCUT2D eigenvalue weighted by Gasteiger charge is 2.13. The zero-order chi connectivity index (χ0) is 10.3. The normalized spacial score (nSPS) is 10.6. The molecule has 0 amide bonds. The molecule has 0 spiro atoms. The number of aromatic amines is 1. The molecule has 0 radical (unpaired) electrons. The topological polar surface area (TPSA) is 110 Å². The minimum Gasteiger partial charge on any atom is -0.464 e. The fraction of sp³-hybridized carbons (Fsp3) is 0. The van der Waals surface area contributed by atoms with Crippen LogP contribution in [-0.2, 0) is 0 Å². The molecule has 0 fully saturated rings. The smallest absolute Gasteiger partial charge is 0.419 e. The molecule has 72 valence electrons.